The Morgan fingerprint density at radius 1 is 1.33 bits per heavy atom. The van der Waals surface area contributed by atoms with Crippen molar-refractivity contribution in [3.63, 3.8) is 0 Å². The molecule has 7 heteroatoms. The van der Waals surface area contributed by atoms with E-state index in [-0.39, 0.29) is 19.2 Å². The van der Waals surface area contributed by atoms with Crippen LogP contribution in [0.1, 0.15) is 26.7 Å². The van der Waals surface area contributed by atoms with Crippen LogP contribution in [0.15, 0.2) is 0 Å². The lowest BCUT2D eigenvalue weighted by atomic mass is 10.0. The Morgan fingerprint density at radius 3 is 2.71 bits per heavy atom. The highest BCUT2D eigenvalue weighted by Crippen LogP contribution is 2.20. The number of rotatable bonds is 9. The predicted molar refractivity (Wildman–Crippen MR) is 77.2 cm³/mol. The first-order chi connectivity index (χ1) is 10.1. The van der Waals surface area contributed by atoms with Gasteiger partial charge in [-0.1, -0.05) is 6.92 Å². The second-order valence-electron chi connectivity index (χ2n) is 5.03. The van der Waals surface area contributed by atoms with E-state index in [0.29, 0.717) is 19.7 Å². The summed E-state index contributed by atoms with van der Waals surface area (Å²) in [7, 11) is 0. The van der Waals surface area contributed by atoms with E-state index in [9.17, 15) is 9.59 Å². The van der Waals surface area contributed by atoms with Gasteiger partial charge in [0.15, 0.2) is 0 Å². The molecule has 1 heterocycles. The topological polar surface area (TPSA) is 88.1 Å². The lowest BCUT2D eigenvalue weighted by molar-refractivity contribution is -0.142. The van der Waals surface area contributed by atoms with Crippen molar-refractivity contribution in [2.45, 2.75) is 32.7 Å². The van der Waals surface area contributed by atoms with E-state index in [2.05, 4.69) is 5.32 Å². The van der Waals surface area contributed by atoms with Crippen molar-refractivity contribution < 1.29 is 24.2 Å². The van der Waals surface area contributed by atoms with Gasteiger partial charge in [-0.05, 0) is 19.8 Å². The smallest absolute Gasteiger partial charge is 0.317 e. The molecule has 0 saturated carbocycles. The van der Waals surface area contributed by atoms with Gasteiger partial charge in [0.1, 0.15) is 5.92 Å². The summed E-state index contributed by atoms with van der Waals surface area (Å²) in [6.07, 6.45) is 1.72. The zero-order chi connectivity index (χ0) is 15.7. The number of hydrogen-bond acceptors (Lipinski definition) is 4. The van der Waals surface area contributed by atoms with Crippen LogP contribution in [0.25, 0.3) is 0 Å². The molecule has 0 spiro atoms. The second kappa shape index (κ2) is 9.57. The molecule has 1 aliphatic rings. The molecule has 1 rings (SSSR count). The van der Waals surface area contributed by atoms with Crippen LogP contribution in [0.2, 0.25) is 0 Å². The number of carboxylic acid groups (broad SMARTS) is 1. The third kappa shape index (κ3) is 5.51. The summed E-state index contributed by atoms with van der Waals surface area (Å²) in [6, 6.07) is -0.640. The molecule has 0 aromatic heterocycles. The van der Waals surface area contributed by atoms with Gasteiger partial charge in [0.2, 0.25) is 0 Å². The summed E-state index contributed by atoms with van der Waals surface area (Å²) >= 11 is 0. The molecule has 2 unspecified atom stereocenters. The number of nitrogens with one attached hydrogen (secondary N) is 1. The van der Waals surface area contributed by atoms with Gasteiger partial charge in [0.25, 0.3) is 0 Å². The average Bonchev–Trinajstić information content (AvgIpc) is 2.93. The maximum atomic E-state index is 12.1. The molecule has 0 aliphatic carbocycles. The fraction of sp³-hybridized carbons (Fsp3) is 0.857. The number of carbonyl (C=O) groups is 2. The van der Waals surface area contributed by atoms with Crippen molar-refractivity contribution in [3.8, 4) is 0 Å². The molecule has 2 amide bonds. The minimum Gasteiger partial charge on any atom is -0.481 e. The number of carboxylic acids is 1. The molecule has 0 bridgehead atoms. The molecule has 0 aromatic carbocycles. The van der Waals surface area contributed by atoms with E-state index in [1.807, 2.05) is 13.8 Å². The first-order valence-electron chi connectivity index (χ1n) is 7.54. The largest absolute Gasteiger partial charge is 0.481 e. The lowest BCUT2D eigenvalue weighted by Gasteiger charge is -2.29. The minimum absolute atomic E-state index is 0.161. The second-order valence-corrected chi connectivity index (χ2v) is 5.03. The molecule has 0 radical (unpaired) electrons. The van der Waals surface area contributed by atoms with Crippen molar-refractivity contribution in [2.24, 2.45) is 5.92 Å². The zero-order valence-corrected chi connectivity index (χ0v) is 12.8. The maximum Gasteiger partial charge on any atom is 0.317 e. The van der Waals surface area contributed by atoms with Crippen LogP contribution in [0, 0.1) is 5.92 Å². The Kier molecular flexibility index (Phi) is 8.07. The van der Waals surface area contributed by atoms with Crippen LogP contribution >= 0.6 is 0 Å². The average molecular weight is 302 g/mol. The summed E-state index contributed by atoms with van der Waals surface area (Å²) in [6.45, 7) is 6.64. The summed E-state index contributed by atoms with van der Waals surface area (Å²) in [5, 5.41) is 12.0. The minimum atomic E-state index is -0.920. The van der Waals surface area contributed by atoms with Gasteiger partial charge in [-0.2, -0.15) is 0 Å². The van der Waals surface area contributed by atoms with E-state index in [0.717, 1.165) is 19.4 Å². The Balaban J connectivity index is 2.37. The third-order valence-corrected chi connectivity index (χ3v) is 3.46. The van der Waals surface area contributed by atoms with E-state index in [4.69, 9.17) is 14.6 Å². The van der Waals surface area contributed by atoms with Crippen molar-refractivity contribution in [3.05, 3.63) is 0 Å². The number of nitrogens with zero attached hydrogens (tertiary/aromatic N) is 1. The van der Waals surface area contributed by atoms with Gasteiger partial charge < -0.3 is 24.8 Å². The molecule has 21 heavy (non-hydrogen) atoms. The standard InChI is InChI=1S/C14H26N2O5/c1-3-7-20-8-5-6-15-14(19)16(4-2)12-10-21-9-11(12)13(17)18/h11-12H,3-10H2,1-2H3,(H,15,19)(H,17,18). The lowest BCUT2D eigenvalue weighted by Crippen LogP contribution is -2.50. The van der Waals surface area contributed by atoms with Crippen molar-refractivity contribution in [1.82, 2.24) is 10.2 Å². The summed E-state index contributed by atoms with van der Waals surface area (Å²) in [4.78, 5) is 24.8. The SMILES string of the molecule is CCCOCCCNC(=O)N(CC)C1COCC1C(=O)O. The zero-order valence-electron chi connectivity index (χ0n) is 12.8. The number of carbonyl (C=O) groups excluding carboxylic acids is 1. The summed E-state index contributed by atoms with van der Waals surface area (Å²) < 4.78 is 10.5. The van der Waals surface area contributed by atoms with Gasteiger partial charge in [-0.25, -0.2) is 4.79 Å². The van der Waals surface area contributed by atoms with Crippen molar-refractivity contribution in [2.75, 3.05) is 39.5 Å². The Hall–Kier alpha value is -1.34. The Bertz CT molecular complexity index is 337. The van der Waals surface area contributed by atoms with Gasteiger partial charge >= 0.3 is 12.0 Å². The molecular formula is C14H26N2O5. The fourth-order valence-electron chi connectivity index (χ4n) is 2.33. The Labute approximate surface area is 125 Å². The van der Waals surface area contributed by atoms with E-state index in [1.54, 1.807) is 4.90 Å². The van der Waals surface area contributed by atoms with Gasteiger partial charge in [0.05, 0.1) is 19.3 Å². The molecule has 7 nitrogen and oxygen atoms in total. The quantitative estimate of drug-likeness (QED) is 0.619. The Morgan fingerprint density at radius 2 is 2.10 bits per heavy atom. The number of amides is 2. The fourth-order valence-corrected chi connectivity index (χ4v) is 2.33. The van der Waals surface area contributed by atoms with Crippen LogP contribution in [-0.4, -0.2) is 67.6 Å². The molecule has 1 fully saturated rings. The van der Waals surface area contributed by atoms with Crippen LogP contribution < -0.4 is 5.32 Å². The monoisotopic (exact) mass is 302 g/mol. The summed E-state index contributed by atoms with van der Waals surface area (Å²) in [5.74, 6) is -1.57. The van der Waals surface area contributed by atoms with Crippen LogP contribution in [-0.2, 0) is 14.3 Å². The first-order valence-corrected chi connectivity index (χ1v) is 7.54. The highest BCUT2D eigenvalue weighted by atomic mass is 16.5. The molecule has 1 aliphatic heterocycles. The normalized spacial score (nSPS) is 21.2. The first kappa shape index (κ1) is 17.7. The van der Waals surface area contributed by atoms with Gasteiger partial charge in [-0.15, -0.1) is 0 Å². The van der Waals surface area contributed by atoms with Crippen molar-refractivity contribution in [1.29, 1.82) is 0 Å². The molecule has 1 saturated heterocycles. The number of aliphatic carboxylic acids is 1. The van der Waals surface area contributed by atoms with E-state index < -0.39 is 17.9 Å². The van der Waals surface area contributed by atoms with Gasteiger partial charge in [-0.3, -0.25) is 4.79 Å². The van der Waals surface area contributed by atoms with Crippen LogP contribution in [0.4, 0.5) is 4.79 Å². The predicted octanol–water partition coefficient (Wildman–Crippen LogP) is 0.934. The number of urea groups is 1. The van der Waals surface area contributed by atoms with Gasteiger partial charge in [0, 0.05) is 26.3 Å². The van der Waals surface area contributed by atoms with Crippen molar-refractivity contribution >= 4 is 12.0 Å². The molecule has 0 aromatic rings. The highest BCUT2D eigenvalue weighted by Gasteiger charge is 2.39. The number of ether oxygens (including phenoxy) is 2. The molecule has 122 valence electrons. The third-order valence-electron chi connectivity index (χ3n) is 3.46. The number of likely N-dealkylation sites (N-methyl/N-ethyl adjacent to an activating group) is 1. The molecular weight excluding hydrogens is 276 g/mol. The molecule has 2 atom stereocenters. The van der Waals surface area contributed by atoms with E-state index >= 15 is 0 Å². The van der Waals surface area contributed by atoms with Crippen LogP contribution in [0.3, 0.4) is 0 Å². The highest BCUT2D eigenvalue weighted by molar-refractivity contribution is 5.77. The maximum absolute atomic E-state index is 12.1. The summed E-state index contributed by atoms with van der Waals surface area (Å²) in [5.41, 5.74) is 0. The van der Waals surface area contributed by atoms with E-state index in [1.165, 1.54) is 0 Å². The number of hydrogen-bond donors (Lipinski definition) is 2. The van der Waals surface area contributed by atoms with Crippen LogP contribution in [0.5, 0.6) is 0 Å². The molecule has 2 N–H and O–H groups in total.